The Kier molecular flexibility index (Phi) is 3.16. The van der Waals surface area contributed by atoms with Gasteiger partial charge in [-0.25, -0.2) is 0 Å². The fraction of sp³-hybridized carbons (Fsp3) is 0.600. The van der Waals surface area contributed by atoms with Crippen LogP contribution in [0.5, 0.6) is 0 Å². The number of nitrogens with two attached hydrogens (primary N) is 1. The van der Waals surface area contributed by atoms with E-state index in [4.69, 9.17) is 5.73 Å². The van der Waals surface area contributed by atoms with Crippen molar-refractivity contribution < 1.29 is 9.53 Å². The predicted octanol–water partition coefficient (Wildman–Crippen LogP) is 0.224. The summed E-state index contributed by atoms with van der Waals surface area (Å²) in [4.78, 5) is 10.4. The summed E-state index contributed by atoms with van der Waals surface area (Å²) in [7, 11) is 0. The van der Waals surface area contributed by atoms with Crippen LogP contribution in [0, 0.1) is 0 Å². The van der Waals surface area contributed by atoms with Gasteiger partial charge in [0.25, 0.3) is 0 Å². The lowest BCUT2D eigenvalue weighted by Gasteiger charge is -2.07. The SMILES string of the molecule is CC(=O)O[C@@H](C)C(N)=S. The molecule has 0 amide bonds. The number of carbonyl (C=O) groups excluding carboxylic acids is 1. The minimum Gasteiger partial charge on any atom is -0.456 e. The van der Waals surface area contributed by atoms with Gasteiger partial charge in [0.1, 0.15) is 11.1 Å². The number of hydrogen-bond acceptors (Lipinski definition) is 3. The van der Waals surface area contributed by atoms with Gasteiger partial charge in [-0.05, 0) is 6.92 Å². The standard InChI is InChI=1S/C5H9NO2S/c1-3(5(6)9)8-4(2)7/h3H,1-2H3,(H2,6,9)/t3-/m0/s1. The fourth-order valence-corrected chi connectivity index (χ4v) is 0.355. The Labute approximate surface area is 59.2 Å². The highest BCUT2D eigenvalue weighted by atomic mass is 32.1. The van der Waals surface area contributed by atoms with E-state index in [0.717, 1.165) is 0 Å². The molecule has 1 atom stereocenters. The topological polar surface area (TPSA) is 52.3 Å². The summed E-state index contributed by atoms with van der Waals surface area (Å²) in [5, 5.41) is 0. The van der Waals surface area contributed by atoms with Gasteiger partial charge in [0.15, 0.2) is 0 Å². The van der Waals surface area contributed by atoms with Crippen LogP contribution in [0.25, 0.3) is 0 Å². The van der Waals surface area contributed by atoms with E-state index < -0.39 is 6.10 Å². The van der Waals surface area contributed by atoms with Crippen molar-refractivity contribution in [2.24, 2.45) is 5.73 Å². The number of hydrogen-bond donors (Lipinski definition) is 1. The molecule has 52 valence electrons. The van der Waals surface area contributed by atoms with E-state index in [2.05, 4.69) is 17.0 Å². The molecule has 0 bridgehead atoms. The highest BCUT2D eigenvalue weighted by molar-refractivity contribution is 7.80. The van der Waals surface area contributed by atoms with Gasteiger partial charge in [0.05, 0.1) is 0 Å². The molecule has 3 nitrogen and oxygen atoms in total. The van der Waals surface area contributed by atoms with Crippen molar-refractivity contribution in [2.45, 2.75) is 20.0 Å². The van der Waals surface area contributed by atoms with Gasteiger partial charge >= 0.3 is 5.97 Å². The van der Waals surface area contributed by atoms with Gasteiger partial charge in [-0.1, -0.05) is 12.2 Å². The summed E-state index contributed by atoms with van der Waals surface area (Å²) >= 11 is 4.54. The lowest BCUT2D eigenvalue weighted by molar-refractivity contribution is -0.142. The molecule has 0 aromatic rings. The van der Waals surface area contributed by atoms with Crippen molar-refractivity contribution in [3.8, 4) is 0 Å². The zero-order valence-electron chi connectivity index (χ0n) is 5.38. The molecule has 0 aliphatic carbocycles. The average Bonchev–Trinajstić information content (AvgIpc) is 1.63. The number of esters is 1. The van der Waals surface area contributed by atoms with Crippen molar-refractivity contribution in [3.63, 3.8) is 0 Å². The first kappa shape index (κ1) is 8.36. The molecule has 0 spiro atoms. The largest absolute Gasteiger partial charge is 0.456 e. The Morgan fingerprint density at radius 2 is 2.22 bits per heavy atom. The summed E-state index contributed by atoms with van der Waals surface area (Å²) < 4.78 is 4.61. The third-order valence-electron chi connectivity index (χ3n) is 0.743. The van der Waals surface area contributed by atoms with Gasteiger partial charge in [0.2, 0.25) is 0 Å². The molecule has 0 heterocycles. The van der Waals surface area contributed by atoms with Crippen LogP contribution in [0.4, 0.5) is 0 Å². The third kappa shape index (κ3) is 3.90. The molecule has 0 fully saturated rings. The van der Waals surface area contributed by atoms with Crippen LogP contribution in [0.15, 0.2) is 0 Å². The van der Waals surface area contributed by atoms with E-state index in [1.807, 2.05) is 0 Å². The maximum atomic E-state index is 10.2. The summed E-state index contributed by atoms with van der Waals surface area (Å²) in [5.74, 6) is -0.365. The Balaban J connectivity index is 3.63. The van der Waals surface area contributed by atoms with Gasteiger partial charge in [-0.2, -0.15) is 0 Å². The normalized spacial score (nSPS) is 12.2. The molecule has 0 saturated carbocycles. The molecule has 0 unspecified atom stereocenters. The summed E-state index contributed by atoms with van der Waals surface area (Å²) in [6.07, 6.45) is -0.447. The molecule has 0 aromatic carbocycles. The Bertz CT molecular complexity index is 135. The van der Waals surface area contributed by atoms with E-state index in [0.29, 0.717) is 0 Å². The fourth-order valence-electron chi connectivity index (χ4n) is 0.307. The molecule has 2 N–H and O–H groups in total. The average molecular weight is 147 g/mol. The Morgan fingerprint density at radius 1 is 1.78 bits per heavy atom. The maximum absolute atomic E-state index is 10.2. The molecule has 0 rings (SSSR count). The molecule has 0 saturated heterocycles. The van der Waals surface area contributed by atoms with E-state index in [9.17, 15) is 4.79 Å². The minimum atomic E-state index is -0.447. The first-order chi connectivity index (χ1) is 4.04. The highest BCUT2D eigenvalue weighted by Gasteiger charge is 2.06. The maximum Gasteiger partial charge on any atom is 0.303 e. The second kappa shape index (κ2) is 3.40. The van der Waals surface area contributed by atoms with Crippen LogP contribution in [0.1, 0.15) is 13.8 Å². The first-order valence-corrected chi connectivity index (χ1v) is 2.91. The second-order valence-corrected chi connectivity index (χ2v) is 2.13. The van der Waals surface area contributed by atoms with E-state index in [1.54, 1.807) is 6.92 Å². The van der Waals surface area contributed by atoms with Crippen LogP contribution < -0.4 is 5.73 Å². The molecule has 0 aliphatic heterocycles. The summed E-state index contributed by atoms with van der Waals surface area (Å²) in [5.41, 5.74) is 5.14. The van der Waals surface area contributed by atoms with E-state index >= 15 is 0 Å². The summed E-state index contributed by atoms with van der Waals surface area (Å²) in [6.45, 7) is 2.94. The number of carbonyl (C=O) groups is 1. The molecule has 9 heavy (non-hydrogen) atoms. The summed E-state index contributed by atoms with van der Waals surface area (Å²) in [6, 6.07) is 0. The van der Waals surface area contributed by atoms with Crippen LogP contribution in [0.3, 0.4) is 0 Å². The van der Waals surface area contributed by atoms with Crippen molar-refractivity contribution in [1.82, 2.24) is 0 Å². The van der Waals surface area contributed by atoms with E-state index in [1.165, 1.54) is 6.92 Å². The van der Waals surface area contributed by atoms with Crippen molar-refractivity contribution in [1.29, 1.82) is 0 Å². The first-order valence-electron chi connectivity index (χ1n) is 2.50. The van der Waals surface area contributed by atoms with Gasteiger partial charge < -0.3 is 10.5 Å². The van der Waals surface area contributed by atoms with Crippen LogP contribution in [-0.4, -0.2) is 17.1 Å². The zero-order chi connectivity index (χ0) is 7.44. The molecule has 4 heteroatoms. The van der Waals surface area contributed by atoms with Crippen molar-refractivity contribution in [3.05, 3.63) is 0 Å². The monoisotopic (exact) mass is 147 g/mol. The second-order valence-electron chi connectivity index (χ2n) is 1.65. The lowest BCUT2D eigenvalue weighted by Crippen LogP contribution is -2.27. The smallest absolute Gasteiger partial charge is 0.303 e. The van der Waals surface area contributed by atoms with Crippen molar-refractivity contribution >= 4 is 23.2 Å². The molecular formula is C5H9NO2S. The van der Waals surface area contributed by atoms with Gasteiger partial charge in [-0.3, -0.25) is 4.79 Å². The van der Waals surface area contributed by atoms with Crippen molar-refractivity contribution in [2.75, 3.05) is 0 Å². The third-order valence-corrected chi connectivity index (χ3v) is 1.08. The molecular weight excluding hydrogens is 138 g/mol. The quantitative estimate of drug-likeness (QED) is 0.448. The zero-order valence-corrected chi connectivity index (χ0v) is 6.20. The van der Waals surface area contributed by atoms with Crippen LogP contribution in [-0.2, 0) is 9.53 Å². The molecule has 0 aromatic heterocycles. The molecule has 0 aliphatic rings. The van der Waals surface area contributed by atoms with Gasteiger partial charge in [-0.15, -0.1) is 0 Å². The number of thiocarbonyl (C=S) groups is 1. The van der Waals surface area contributed by atoms with Crippen LogP contribution in [0.2, 0.25) is 0 Å². The predicted molar refractivity (Wildman–Crippen MR) is 38.0 cm³/mol. The van der Waals surface area contributed by atoms with E-state index in [-0.39, 0.29) is 11.0 Å². The van der Waals surface area contributed by atoms with Gasteiger partial charge in [0, 0.05) is 6.92 Å². The molecule has 0 radical (unpaired) electrons. The lowest BCUT2D eigenvalue weighted by atomic mass is 10.4. The Morgan fingerprint density at radius 3 is 2.33 bits per heavy atom. The van der Waals surface area contributed by atoms with Crippen LogP contribution >= 0.6 is 12.2 Å². The Hall–Kier alpha value is -0.640. The minimum absolute atomic E-state index is 0.199. The number of ether oxygens (including phenoxy) is 1. The highest BCUT2D eigenvalue weighted by Crippen LogP contribution is 1.89. The number of rotatable bonds is 2.